The van der Waals surface area contributed by atoms with Crippen molar-refractivity contribution >= 4 is 34.5 Å². The maximum Gasteiger partial charge on any atom is 0.225 e. The normalized spacial score (nSPS) is 17.4. The summed E-state index contributed by atoms with van der Waals surface area (Å²) < 4.78 is 0. The SMILES string of the molecule is O=C(NCc1ccc(Cl)cc1)[C@H]1CCCN(c2ncnc3nc[nH]c23)C1. The molecule has 3 heterocycles. The quantitative estimate of drug-likeness (QED) is 0.737. The number of aromatic nitrogens is 4. The summed E-state index contributed by atoms with van der Waals surface area (Å²) in [6.45, 7) is 2.01. The summed E-state index contributed by atoms with van der Waals surface area (Å²) in [5, 5.41) is 3.72. The van der Waals surface area contributed by atoms with Crippen LogP contribution in [0.25, 0.3) is 11.2 Å². The molecular weight excluding hydrogens is 352 g/mol. The Kier molecular flexibility index (Phi) is 4.71. The number of nitrogens with zero attached hydrogens (tertiary/aromatic N) is 4. The molecule has 0 saturated carbocycles. The molecular formula is C18H19ClN6O. The van der Waals surface area contributed by atoms with Crippen LogP contribution in [0.2, 0.25) is 5.02 Å². The van der Waals surface area contributed by atoms with E-state index in [0.29, 0.717) is 23.8 Å². The average Bonchev–Trinajstić information content (AvgIpc) is 3.16. The molecule has 8 heteroatoms. The molecule has 134 valence electrons. The Balaban J connectivity index is 1.42. The first-order chi connectivity index (χ1) is 12.7. The van der Waals surface area contributed by atoms with Crippen LogP contribution in [0.1, 0.15) is 18.4 Å². The maximum atomic E-state index is 12.6. The lowest BCUT2D eigenvalue weighted by Gasteiger charge is -2.32. The van der Waals surface area contributed by atoms with E-state index in [1.807, 2.05) is 24.3 Å². The Morgan fingerprint density at radius 2 is 2.12 bits per heavy atom. The largest absolute Gasteiger partial charge is 0.354 e. The number of rotatable bonds is 4. The fraction of sp³-hybridized carbons (Fsp3) is 0.333. The molecule has 1 fully saturated rings. The molecule has 2 aromatic heterocycles. The van der Waals surface area contributed by atoms with Gasteiger partial charge in [0.25, 0.3) is 0 Å². The van der Waals surface area contributed by atoms with E-state index in [2.05, 4.69) is 30.2 Å². The molecule has 1 saturated heterocycles. The van der Waals surface area contributed by atoms with Crippen molar-refractivity contribution in [3.8, 4) is 0 Å². The van der Waals surface area contributed by atoms with Gasteiger partial charge in [-0.1, -0.05) is 23.7 Å². The topological polar surface area (TPSA) is 86.8 Å². The molecule has 1 aliphatic rings. The Morgan fingerprint density at radius 1 is 1.27 bits per heavy atom. The maximum absolute atomic E-state index is 12.6. The molecule has 0 bridgehead atoms. The van der Waals surface area contributed by atoms with Crippen molar-refractivity contribution in [3.05, 3.63) is 47.5 Å². The Morgan fingerprint density at radius 3 is 2.96 bits per heavy atom. The fourth-order valence-corrected chi connectivity index (χ4v) is 3.44. The molecule has 0 aliphatic carbocycles. The van der Waals surface area contributed by atoms with E-state index in [1.54, 1.807) is 6.33 Å². The standard InChI is InChI=1S/C18H19ClN6O/c19-14-5-3-12(4-6-14)8-20-18(26)13-2-1-7-25(9-13)17-15-16(22-10-21-15)23-11-24-17/h3-6,10-11,13H,1-2,7-9H2,(H,20,26)(H,21,22,23,24)/t13-/m0/s1. The number of amides is 1. The lowest BCUT2D eigenvalue weighted by molar-refractivity contribution is -0.125. The minimum atomic E-state index is -0.0658. The summed E-state index contributed by atoms with van der Waals surface area (Å²) in [6.07, 6.45) is 4.95. The number of hydrogen-bond acceptors (Lipinski definition) is 5. The van der Waals surface area contributed by atoms with Gasteiger partial charge < -0.3 is 15.2 Å². The first-order valence-corrected chi connectivity index (χ1v) is 8.99. The molecule has 2 N–H and O–H groups in total. The van der Waals surface area contributed by atoms with Crippen molar-refractivity contribution in [2.24, 2.45) is 5.92 Å². The molecule has 3 aromatic rings. The molecule has 1 amide bonds. The van der Waals surface area contributed by atoms with E-state index in [-0.39, 0.29) is 11.8 Å². The predicted octanol–water partition coefficient (Wildman–Crippen LogP) is 2.54. The highest BCUT2D eigenvalue weighted by atomic mass is 35.5. The van der Waals surface area contributed by atoms with Crippen molar-refractivity contribution in [2.75, 3.05) is 18.0 Å². The highest BCUT2D eigenvalue weighted by Gasteiger charge is 2.27. The minimum Gasteiger partial charge on any atom is -0.354 e. The third-order valence-corrected chi connectivity index (χ3v) is 4.93. The van der Waals surface area contributed by atoms with Crippen molar-refractivity contribution in [2.45, 2.75) is 19.4 Å². The van der Waals surface area contributed by atoms with E-state index in [9.17, 15) is 4.79 Å². The van der Waals surface area contributed by atoms with Crippen molar-refractivity contribution in [3.63, 3.8) is 0 Å². The number of carbonyl (C=O) groups excluding carboxylic acids is 1. The van der Waals surface area contributed by atoms with E-state index in [0.717, 1.165) is 36.3 Å². The zero-order chi connectivity index (χ0) is 17.9. The second-order valence-electron chi connectivity index (χ2n) is 6.43. The molecule has 0 spiro atoms. The molecule has 26 heavy (non-hydrogen) atoms. The van der Waals surface area contributed by atoms with Gasteiger partial charge in [0.15, 0.2) is 11.5 Å². The van der Waals surface area contributed by atoms with Crippen LogP contribution in [0, 0.1) is 5.92 Å². The molecule has 1 atom stereocenters. The number of aromatic amines is 1. The number of piperidine rings is 1. The molecule has 1 aliphatic heterocycles. The van der Waals surface area contributed by atoms with Crippen LogP contribution in [0.4, 0.5) is 5.82 Å². The fourth-order valence-electron chi connectivity index (χ4n) is 3.31. The van der Waals surface area contributed by atoms with Crippen LogP contribution in [0.5, 0.6) is 0 Å². The summed E-state index contributed by atoms with van der Waals surface area (Å²) in [5.74, 6) is 0.811. The third-order valence-electron chi connectivity index (χ3n) is 4.67. The summed E-state index contributed by atoms with van der Waals surface area (Å²) in [7, 11) is 0. The van der Waals surface area contributed by atoms with Crippen molar-refractivity contribution in [1.29, 1.82) is 0 Å². The number of H-pyrrole nitrogens is 1. The second kappa shape index (κ2) is 7.29. The first kappa shape index (κ1) is 16.8. The van der Waals surface area contributed by atoms with E-state index < -0.39 is 0 Å². The highest BCUT2D eigenvalue weighted by molar-refractivity contribution is 6.30. The molecule has 0 radical (unpaired) electrons. The number of carbonyl (C=O) groups is 1. The van der Waals surface area contributed by atoms with Crippen LogP contribution in [-0.4, -0.2) is 38.9 Å². The summed E-state index contributed by atoms with van der Waals surface area (Å²) in [6, 6.07) is 7.50. The number of benzene rings is 1. The van der Waals surface area contributed by atoms with Gasteiger partial charge in [-0.05, 0) is 30.5 Å². The number of anilines is 1. The molecule has 0 unspecified atom stereocenters. The van der Waals surface area contributed by atoms with Gasteiger partial charge in [-0.25, -0.2) is 15.0 Å². The monoisotopic (exact) mass is 370 g/mol. The molecule has 4 rings (SSSR count). The van der Waals surface area contributed by atoms with Gasteiger partial charge in [0.05, 0.1) is 12.2 Å². The van der Waals surface area contributed by atoms with Crippen molar-refractivity contribution in [1.82, 2.24) is 25.3 Å². The average molecular weight is 371 g/mol. The summed E-state index contributed by atoms with van der Waals surface area (Å²) in [5.41, 5.74) is 2.49. The number of nitrogens with one attached hydrogen (secondary N) is 2. The number of halogens is 1. The smallest absolute Gasteiger partial charge is 0.225 e. The Hall–Kier alpha value is -2.67. The zero-order valence-corrected chi connectivity index (χ0v) is 14.9. The van der Waals surface area contributed by atoms with Crippen LogP contribution in [-0.2, 0) is 11.3 Å². The summed E-state index contributed by atoms with van der Waals surface area (Å²) in [4.78, 5) is 30.6. The number of fused-ring (bicyclic) bond motifs is 1. The van der Waals surface area contributed by atoms with Gasteiger partial charge in [-0.15, -0.1) is 0 Å². The van der Waals surface area contributed by atoms with Gasteiger partial charge in [-0.3, -0.25) is 4.79 Å². The minimum absolute atomic E-state index is 0.0658. The van der Waals surface area contributed by atoms with Crippen LogP contribution >= 0.6 is 11.6 Å². The van der Waals surface area contributed by atoms with E-state index >= 15 is 0 Å². The van der Waals surface area contributed by atoms with Crippen molar-refractivity contribution < 1.29 is 4.79 Å². The Labute approximate surface area is 155 Å². The lowest BCUT2D eigenvalue weighted by atomic mass is 9.97. The van der Waals surface area contributed by atoms with E-state index in [1.165, 1.54) is 6.33 Å². The van der Waals surface area contributed by atoms with Gasteiger partial charge in [0.1, 0.15) is 11.8 Å². The van der Waals surface area contributed by atoms with Gasteiger partial charge in [-0.2, -0.15) is 0 Å². The molecule has 7 nitrogen and oxygen atoms in total. The van der Waals surface area contributed by atoms with Crippen LogP contribution in [0.3, 0.4) is 0 Å². The zero-order valence-electron chi connectivity index (χ0n) is 14.2. The number of hydrogen-bond donors (Lipinski definition) is 2. The summed E-state index contributed by atoms with van der Waals surface area (Å²) >= 11 is 5.89. The lowest BCUT2D eigenvalue weighted by Crippen LogP contribution is -2.43. The highest BCUT2D eigenvalue weighted by Crippen LogP contribution is 2.25. The van der Waals surface area contributed by atoms with Gasteiger partial charge >= 0.3 is 0 Å². The van der Waals surface area contributed by atoms with Crippen LogP contribution in [0.15, 0.2) is 36.9 Å². The van der Waals surface area contributed by atoms with E-state index in [4.69, 9.17) is 11.6 Å². The Bertz CT molecular complexity index is 909. The number of imidazole rings is 1. The molecule has 1 aromatic carbocycles. The van der Waals surface area contributed by atoms with Gasteiger partial charge in [0, 0.05) is 24.7 Å². The second-order valence-corrected chi connectivity index (χ2v) is 6.86. The van der Waals surface area contributed by atoms with Gasteiger partial charge in [0.2, 0.25) is 5.91 Å². The van der Waals surface area contributed by atoms with Crippen LogP contribution < -0.4 is 10.2 Å². The predicted molar refractivity (Wildman–Crippen MR) is 99.9 cm³/mol. The first-order valence-electron chi connectivity index (χ1n) is 8.62. The third kappa shape index (κ3) is 3.48.